The molecule has 3 rings (SSSR count). The zero-order chi connectivity index (χ0) is 12.5. The Morgan fingerprint density at radius 1 is 1.28 bits per heavy atom. The molecule has 2 aromatic heterocycles. The highest BCUT2D eigenvalue weighted by atomic mass is 35.5. The number of nitriles is 1. The predicted molar refractivity (Wildman–Crippen MR) is 69.2 cm³/mol. The summed E-state index contributed by atoms with van der Waals surface area (Å²) in [7, 11) is 0. The van der Waals surface area contributed by atoms with Crippen molar-refractivity contribution in [2.45, 2.75) is 19.3 Å². The zero-order valence-electron chi connectivity index (χ0n) is 9.65. The molecule has 0 aromatic carbocycles. The molecule has 0 saturated carbocycles. The van der Waals surface area contributed by atoms with Crippen molar-refractivity contribution in [2.24, 2.45) is 0 Å². The molecule has 2 aromatic rings. The first-order chi connectivity index (χ1) is 8.81. The molecule has 0 unspecified atom stereocenters. The first-order valence-electron chi connectivity index (χ1n) is 5.83. The molecule has 0 spiro atoms. The van der Waals surface area contributed by atoms with Crippen molar-refractivity contribution in [1.29, 1.82) is 5.26 Å². The molecule has 4 heteroatoms. The van der Waals surface area contributed by atoms with Crippen molar-refractivity contribution in [2.75, 3.05) is 0 Å². The largest absolute Gasteiger partial charge is 0.264 e. The highest BCUT2D eigenvalue weighted by Crippen LogP contribution is 2.35. The summed E-state index contributed by atoms with van der Waals surface area (Å²) in [6, 6.07) is 6.01. The minimum absolute atomic E-state index is 0.303. The zero-order valence-corrected chi connectivity index (χ0v) is 10.4. The Balaban J connectivity index is 2.28. The molecule has 0 atom stereocenters. The standard InChI is InChI=1S/C14H10ClN3/c15-14-12(7-16)10-4-1-5-11(10)13(18-14)9-3-2-6-17-8-9/h2-3,6,8H,1,4-5H2. The second-order valence-corrected chi connectivity index (χ2v) is 4.65. The van der Waals surface area contributed by atoms with Crippen molar-refractivity contribution in [1.82, 2.24) is 9.97 Å². The monoisotopic (exact) mass is 255 g/mol. The van der Waals surface area contributed by atoms with Gasteiger partial charge in [-0.2, -0.15) is 5.26 Å². The number of pyridine rings is 2. The van der Waals surface area contributed by atoms with Gasteiger partial charge in [0.1, 0.15) is 11.2 Å². The van der Waals surface area contributed by atoms with E-state index < -0.39 is 0 Å². The van der Waals surface area contributed by atoms with Crippen LogP contribution in [0.15, 0.2) is 24.5 Å². The Kier molecular flexibility index (Phi) is 2.73. The Bertz CT molecular complexity index is 644. The van der Waals surface area contributed by atoms with Gasteiger partial charge in [-0.05, 0) is 42.5 Å². The van der Waals surface area contributed by atoms with Crippen LogP contribution in [-0.2, 0) is 12.8 Å². The van der Waals surface area contributed by atoms with Crippen LogP contribution in [-0.4, -0.2) is 9.97 Å². The highest BCUT2D eigenvalue weighted by molar-refractivity contribution is 6.30. The minimum Gasteiger partial charge on any atom is -0.264 e. The van der Waals surface area contributed by atoms with Crippen LogP contribution in [0.4, 0.5) is 0 Å². The lowest BCUT2D eigenvalue weighted by Gasteiger charge is -2.10. The van der Waals surface area contributed by atoms with Crippen LogP contribution in [0.2, 0.25) is 5.15 Å². The maximum Gasteiger partial charge on any atom is 0.147 e. The Labute approximate surface area is 110 Å². The molecular formula is C14H10ClN3. The van der Waals surface area contributed by atoms with Gasteiger partial charge in [0.05, 0.1) is 11.3 Å². The first kappa shape index (κ1) is 11.2. The van der Waals surface area contributed by atoms with Gasteiger partial charge in [0.25, 0.3) is 0 Å². The van der Waals surface area contributed by atoms with Crippen LogP contribution in [0.5, 0.6) is 0 Å². The smallest absolute Gasteiger partial charge is 0.147 e. The van der Waals surface area contributed by atoms with Crippen LogP contribution >= 0.6 is 11.6 Å². The maximum atomic E-state index is 9.16. The average Bonchev–Trinajstić information content (AvgIpc) is 2.88. The average molecular weight is 256 g/mol. The predicted octanol–water partition coefficient (Wildman–Crippen LogP) is 3.16. The van der Waals surface area contributed by atoms with Gasteiger partial charge in [0.2, 0.25) is 0 Å². The van der Waals surface area contributed by atoms with Gasteiger partial charge in [-0.1, -0.05) is 11.6 Å². The number of halogens is 1. The van der Waals surface area contributed by atoms with Crippen LogP contribution in [0.25, 0.3) is 11.3 Å². The van der Waals surface area contributed by atoms with Crippen LogP contribution in [0, 0.1) is 11.3 Å². The van der Waals surface area contributed by atoms with E-state index in [0.717, 1.165) is 41.6 Å². The SMILES string of the molecule is N#Cc1c(Cl)nc(-c2cccnc2)c2c1CCC2. The molecule has 1 aliphatic rings. The lowest BCUT2D eigenvalue weighted by Crippen LogP contribution is -1.98. The summed E-state index contributed by atoms with van der Waals surface area (Å²) in [4.78, 5) is 8.50. The molecule has 0 fully saturated rings. The maximum absolute atomic E-state index is 9.16. The topological polar surface area (TPSA) is 49.6 Å². The van der Waals surface area contributed by atoms with Gasteiger partial charge in [-0.25, -0.2) is 4.98 Å². The van der Waals surface area contributed by atoms with Gasteiger partial charge >= 0.3 is 0 Å². The summed E-state index contributed by atoms with van der Waals surface area (Å²) >= 11 is 6.11. The van der Waals surface area contributed by atoms with Gasteiger partial charge in [-0.15, -0.1) is 0 Å². The van der Waals surface area contributed by atoms with E-state index >= 15 is 0 Å². The molecule has 3 nitrogen and oxygen atoms in total. The third-order valence-corrected chi connectivity index (χ3v) is 3.54. The van der Waals surface area contributed by atoms with E-state index in [9.17, 15) is 0 Å². The fraction of sp³-hybridized carbons (Fsp3) is 0.214. The highest BCUT2D eigenvalue weighted by Gasteiger charge is 2.23. The van der Waals surface area contributed by atoms with Gasteiger partial charge < -0.3 is 0 Å². The number of hydrogen-bond donors (Lipinski definition) is 0. The van der Waals surface area contributed by atoms with E-state index in [1.807, 2.05) is 12.1 Å². The second kappa shape index (κ2) is 4.40. The van der Waals surface area contributed by atoms with Crippen LogP contribution in [0.3, 0.4) is 0 Å². The van der Waals surface area contributed by atoms with Crippen molar-refractivity contribution >= 4 is 11.6 Å². The Hall–Kier alpha value is -1.92. The van der Waals surface area contributed by atoms with Crippen molar-refractivity contribution in [3.05, 3.63) is 46.4 Å². The van der Waals surface area contributed by atoms with E-state index in [1.54, 1.807) is 12.4 Å². The Morgan fingerprint density at radius 3 is 2.83 bits per heavy atom. The van der Waals surface area contributed by atoms with E-state index in [-0.39, 0.29) is 0 Å². The Morgan fingerprint density at radius 2 is 2.11 bits per heavy atom. The molecule has 18 heavy (non-hydrogen) atoms. The van der Waals surface area contributed by atoms with Crippen LogP contribution < -0.4 is 0 Å². The van der Waals surface area contributed by atoms with Gasteiger partial charge in [0.15, 0.2) is 0 Å². The number of hydrogen-bond acceptors (Lipinski definition) is 3. The lowest BCUT2D eigenvalue weighted by molar-refractivity contribution is 0.911. The summed E-state index contributed by atoms with van der Waals surface area (Å²) in [6.45, 7) is 0. The van der Waals surface area contributed by atoms with Crippen molar-refractivity contribution in [3.8, 4) is 17.3 Å². The fourth-order valence-electron chi connectivity index (χ4n) is 2.48. The van der Waals surface area contributed by atoms with Gasteiger partial charge in [0, 0.05) is 18.0 Å². The van der Waals surface area contributed by atoms with Crippen molar-refractivity contribution in [3.63, 3.8) is 0 Å². The molecular weight excluding hydrogens is 246 g/mol. The van der Waals surface area contributed by atoms with Crippen LogP contribution in [0.1, 0.15) is 23.1 Å². The normalized spacial score (nSPS) is 13.1. The summed E-state index contributed by atoms with van der Waals surface area (Å²) in [5.41, 5.74) is 4.60. The molecule has 0 N–H and O–H groups in total. The van der Waals surface area contributed by atoms with Crippen molar-refractivity contribution < 1.29 is 0 Å². The number of nitrogens with zero attached hydrogens (tertiary/aromatic N) is 3. The fourth-order valence-corrected chi connectivity index (χ4v) is 2.72. The molecule has 0 radical (unpaired) electrons. The molecule has 0 aliphatic heterocycles. The van der Waals surface area contributed by atoms with E-state index in [2.05, 4.69) is 16.0 Å². The number of fused-ring (bicyclic) bond motifs is 1. The van der Waals surface area contributed by atoms with Gasteiger partial charge in [-0.3, -0.25) is 4.98 Å². The summed E-state index contributed by atoms with van der Waals surface area (Å²) in [5, 5.41) is 9.46. The quantitative estimate of drug-likeness (QED) is 0.736. The number of aromatic nitrogens is 2. The summed E-state index contributed by atoms with van der Waals surface area (Å²) < 4.78 is 0. The number of rotatable bonds is 1. The molecule has 88 valence electrons. The first-order valence-corrected chi connectivity index (χ1v) is 6.21. The summed E-state index contributed by atoms with van der Waals surface area (Å²) in [5.74, 6) is 0. The van der Waals surface area contributed by atoms with E-state index in [1.165, 1.54) is 0 Å². The lowest BCUT2D eigenvalue weighted by atomic mass is 10.0. The molecule has 0 bridgehead atoms. The third kappa shape index (κ3) is 1.66. The summed E-state index contributed by atoms with van der Waals surface area (Å²) in [6.07, 6.45) is 6.43. The molecule has 0 saturated heterocycles. The van der Waals surface area contributed by atoms with E-state index in [0.29, 0.717) is 10.7 Å². The minimum atomic E-state index is 0.303. The molecule has 1 aliphatic carbocycles. The second-order valence-electron chi connectivity index (χ2n) is 4.29. The molecule has 0 amide bonds. The third-order valence-electron chi connectivity index (χ3n) is 3.27. The molecule has 2 heterocycles. The van der Waals surface area contributed by atoms with E-state index in [4.69, 9.17) is 16.9 Å².